The number of nitrogens with one attached hydrogen (secondary N) is 2. The topological polar surface area (TPSA) is 118 Å². The molecule has 2 aromatic heterocycles. The molecular formula is C21H26ClN5O4S. The van der Waals surface area contributed by atoms with Gasteiger partial charge in [0.1, 0.15) is 5.82 Å². The molecular weight excluding hydrogens is 454 g/mol. The Bertz CT molecular complexity index is 1290. The Labute approximate surface area is 191 Å². The second-order valence-corrected chi connectivity index (χ2v) is 10.0. The summed E-state index contributed by atoms with van der Waals surface area (Å²) in [5.41, 5.74) is 1.24. The van der Waals surface area contributed by atoms with E-state index in [0.29, 0.717) is 16.3 Å². The second kappa shape index (κ2) is 9.07. The molecule has 0 atom stereocenters. The summed E-state index contributed by atoms with van der Waals surface area (Å²) in [5.74, 6) is -0.0888. The third-order valence-corrected chi connectivity index (χ3v) is 6.07. The van der Waals surface area contributed by atoms with Gasteiger partial charge in [0.2, 0.25) is 0 Å². The van der Waals surface area contributed by atoms with Crippen LogP contribution in [0.1, 0.15) is 31.5 Å². The van der Waals surface area contributed by atoms with Crippen LogP contribution in [0.15, 0.2) is 36.5 Å². The number of halogens is 1. The van der Waals surface area contributed by atoms with Gasteiger partial charge in [-0.3, -0.25) is 9.48 Å². The summed E-state index contributed by atoms with van der Waals surface area (Å²) in [7, 11) is -2.26. The van der Waals surface area contributed by atoms with Gasteiger partial charge in [-0.2, -0.15) is 18.2 Å². The van der Waals surface area contributed by atoms with Crippen LogP contribution < -0.4 is 9.44 Å². The van der Waals surface area contributed by atoms with Gasteiger partial charge >= 0.3 is 10.2 Å². The second-order valence-electron chi connectivity index (χ2n) is 8.10. The van der Waals surface area contributed by atoms with E-state index in [0.717, 1.165) is 22.8 Å². The van der Waals surface area contributed by atoms with Crippen LogP contribution in [0, 0.1) is 6.92 Å². The zero-order chi connectivity index (χ0) is 23.7. The zero-order valence-electron chi connectivity index (χ0n) is 18.3. The molecule has 0 spiro atoms. The predicted octanol–water partition coefficient (Wildman–Crippen LogP) is 2.45. The van der Waals surface area contributed by atoms with Crippen LogP contribution in [0.3, 0.4) is 0 Å². The highest BCUT2D eigenvalue weighted by molar-refractivity contribution is 7.88. The maximum atomic E-state index is 12.2. The van der Waals surface area contributed by atoms with Gasteiger partial charge < -0.3 is 9.67 Å². The van der Waals surface area contributed by atoms with Gasteiger partial charge in [0.25, 0.3) is 5.91 Å². The number of benzene rings is 1. The van der Waals surface area contributed by atoms with Crippen LogP contribution in [0.2, 0.25) is 5.02 Å². The van der Waals surface area contributed by atoms with Crippen LogP contribution in [0.5, 0.6) is 0 Å². The molecule has 0 saturated carbocycles. The summed E-state index contributed by atoms with van der Waals surface area (Å²) in [6.07, 6.45) is 4.75. The number of hydrogen-bond donors (Lipinski definition) is 3. The molecule has 0 aliphatic heterocycles. The van der Waals surface area contributed by atoms with E-state index < -0.39 is 21.7 Å². The van der Waals surface area contributed by atoms with E-state index in [9.17, 15) is 18.3 Å². The average molecular weight is 480 g/mol. The molecule has 3 rings (SSSR count). The minimum absolute atomic E-state index is 0.00753. The third-order valence-electron chi connectivity index (χ3n) is 4.78. The monoisotopic (exact) mass is 479 g/mol. The molecule has 3 aromatic rings. The molecule has 0 aliphatic rings. The third kappa shape index (κ3) is 5.77. The van der Waals surface area contributed by atoms with Crippen molar-refractivity contribution < 1.29 is 18.3 Å². The van der Waals surface area contributed by atoms with Crippen molar-refractivity contribution >= 4 is 44.7 Å². The lowest BCUT2D eigenvalue weighted by atomic mass is 10.1. The van der Waals surface area contributed by atoms with E-state index in [-0.39, 0.29) is 13.0 Å². The van der Waals surface area contributed by atoms with Crippen molar-refractivity contribution in [3.8, 4) is 5.82 Å². The Hall–Kier alpha value is -2.66. The van der Waals surface area contributed by atoms with E-state index in [2.05, 4.69) is 9.82 Å². The highest BCUT2D eigenvalue weighted by atomic mass is 35.5. The minimum Gasteiger partial charge on any atom is -0.390 e. The van der Waals surface area contributed by atoms with Crippen LogP contribution in [-0.2, 0) is 22.1 Å². The van der Waals surface area contributed by atoms with E-state index in [1.165, 1.54) is 6.08 Å². The van der Waals surface area contributed by atoms with Gasteiger partial charge in [-0.1, -0.05) is 11.6 Å². The van der Waals surface area contributed by atoms with Crippen LogP contribution in [0.25, 0.3) is 22.8 Å². The summed E-state index contributed by atoms with van der Waals surface area (Å²) < 4.78 is 31.9. The molecule has 3 N–H and O–H groups in total. The first-order chi connectivity index (χ1) is 14.9. The predicted molar refractivity (Wildman–Crippen MR) is 125 cm³/mol. The maximum absolute atomic E-state index is 12.2. The van der Waals surface area contributed by atoms with E-state index in [4.69, 9.17) is 11.6 Å². The summed E-state index contributed by atoms with van der Waals surface area (Å²) >= 11 is 6.08. The largest absolute Gasteiger partial charge is 0.390 e. The first kappa shape index (κ1) is 24.0. The van der Waals surface area contributed by atoms with Crippen molar-refractivity contribution in [2.45, 2.75) is 32.8 Å². The summed E-state index contributed by atoms with van der Waals surface area (Å²) in [4.78, 5) is 12.2. The molecule has 172 valence electrons. The SMILES string of the molecule is Cc1nn(C)c(-n2ccc3cc(Cl)ccc32)c1C=CC(=O)NS(=O)(=O)NCCC(C)(C)O. The fourth-order valence-electron chi connectivity index (χ4n) is 3.29. The number of amides is 1. The lowest BCUT2D eigenvalue weighted by molar-refractivity contribution is -0.114. The number of carbonyl (C=O) groups excluding carboxylic acids is 1. The van der Waals surface area contributed by atoms with Crippen LogP contribution >= 0.6 is 11.6 Å². The highest BCUT2D eigenvalue weighted by Gasteiger charge is 2.18. The quantitative estimate of drug-likeness (QED) is 0.429. The van der Waals surface area contributed by atoms with Gasteiger partial charge in [-0.15, -0.1) is 0 Å². The standard InChI is InChI=1S/C21H26ClN5O4S/c1-14-17(6-8-19(28)25-32(30,31)23-11-10-21(2,3)29)20(26(4)24-14)27-12-9-15-13-16(22)5-7-18(15)27/h5-9,12-13,23,29H,10-11H2,1-4H3,(H,25,28). The molecule has 1 amide bonds. The first-order valence-electron chi connectivity index (χ1n) is 9.89. The molecule has 0 aliphatic carbocycles. The normalized spacial score (nSPS) is 12.7. The first-order valence-corrected chi connectivity index (χ1v) is 11.7. The minimum atomic E-state index is -4.05. The lowest BCUT2D eigenvalue weighted by Crippen LogP contribution is -2.41. The lowest BCUT2D eigenvalue weighted by Gasteiger charge is -2.16. The van der Waals surface area contributed by atoms with Crippen molar-refractivity contribution in [2.24, 2.45) is 7.05 Å². The van der Waals surface area contributed by atoms with E-state index >= 15 is 0 Å². The molecule has 0 unspecified atom stereocenters. The number of nitrogens with zero attached hydrogens (tertiary/aromatic N) is 3. The van der Waals surface area contributed by atoms with Crippen LogP contribution in [-0.4, -0.2) is 45.9 Å². The van der Waals surface area contributed by atoms with Crippen molar-refractivity contribution in [1.29, 1.82) is 0 Å². The molecule has 1 aromatic carbocycles. The van der Waals surface area contributed by atoms with Gasteiger partial charge in [0, 0.05) is 41.8 Å². The summed E-state index contributed by atoms with van der Waals surface area (Å²) in [6.45, 7) is 4.93. The Kier molecular flexibility index (Phi) is 6.80. The number of rotatable bonds is 8. The van der Waals surface area contributed by atoms with Crippen LogP contribution in [0.4, 0.5) is 0 Å². The molecule has 0 radical (unpaired) electrons. The zero-order valence-corrected chi connectivity index (χ0v) is 19.8. The Morgan fingerprint density at radius 3 is 2.72 bits per heavy atom. The average Bonchev–Trinajstić information content (AvgIpc) is 3.17. The number of hydrogen-bond acceptors (Lipinski definition) is 5. The van der Waals surface area contributed by atoms with Crippen molar-refractivity contribution in [3.05, 3.63) is 52.8 Å². The molecule has 0 bridgehead atoms. The number of aromatic nitrogens is 3. The van der Waals surface area contributed by atoms with Gasteiger partial charge in [0.05, 0.1) is 16.8 Å². The van der Waals surface area contributed by atoms with Gasteiger partial charge in [0.15, 0.2) is 0 Å². The Morgan fingerprint density at radius 2 is 2.03 bits per heavy atom. The number of aryl methyl sites for hydroxylation is 2. The fraction of sp³-hybridized carbons (Fsp3) is 0.333. The smallest absolute Gasteiger partial charge is 0.301 e. The number of carbonyl (C=O) groups is 1. The van der Waals surface area contributed by atoms with E-state index in [1.807, 2.05) is 33.7 Å². The maximum Gasteiger partial charge on any atom is 0.301 e. The molecule has 32 heavy (non-hydrogen) atoms. The highest BCUT2D eigenvalue weighted by Crippen LogP contribution is 2.27. The van der Waals surface area contributed by atoms with Gasteiger partial charge in [-0.25, -0.2) is 4.72 Å². The molecule has 11 heteroatoms. The van der Waals surface area contributed by atoms with E-state index in [1.54, 1.807) is 38.6 Å². The molecule has 2 heterocycles. The molecule has 0 saturated heterocycles. The van der Waals surface area contributed by atoms with Crippen molar-refractivity contribution in [3.63, 3.8) is 0 Å². The Morgan fingerprint density at radius 1 is 1.31 bits per heavy atom. The molecule has 0 fully saturated rings. The molecule has 9 nitrogen and oxygen atoms in total. The van der Waals surface area contributed by atoms with Crippen molar-refractivity contribution in [2.75, 3.05) is 6.54 Å². The number of fused-ring (bicyclic) bond motifs is 1. The van der Waals surface area contributed by atoms with Gasteiger partial charge in [-0.05, 0) is 57.5 Å². The Balaban J connectivity index is 1.81. The van der Waals surface area contributed by atoms with Crippen molar-refractivity contribution in [1.82, 2.24) is 23.8 Å². The summed E-state index contributed by atoms with van der Waals surface area (Å²) in [5, 5.41) is 15.7. The number of aliphatic hydroxyl groups is 1. The fourth-order valence-corrected chi connectivity index (χ4v) is 4.25. The summed E-state index contributed by atoms with van der Waals surface area (Å²) in [6, 6.07) is 7.47.